The zero-order valence-corrected chi connectivity index (χ0v) is 12.5. The fourth-order valence-corrected chi connectivity index (χ4v) is 1.99. The molecule has 0 unspecified atom stereocenters. The summed E-state index contributed by atoms with van der Waals surface area (Å²) in [4.78, 5) is 13.2. The van der Waals surface area contributed by atoms with Crippen molar-refractivity contribution in [3.05, 3.63) is 35.4 Å². The maximum Gasteiger partial charge on any atom is 0.305 e. The Kier molecular flexibility index (Phi) is 6.57. The molecule has 3 nitrogen and oxygen atoms in total. The first-order valence-corrected chi connectivity index (χ1v) is 6.87. The van der Waals surface area contributed by atoms with Gasteiger partial charge in [0.1, 0.15) is 0 Å². The molecule has 0 aliphatic carbocycles. The lowest BCUT2D eigenvalue weighted by molar-refractivity contribution is -0.140. The molecule has 0 fully saturated rings. The first kappa shape index (κ1) is 15.7. The summed E-state index contributed by atoms with van der Waals surface area (Å²) in [6.45, 7) is 6.22. The van der Waals surface area contributed by atoms with Crippen LogP contribution in [0.5, 0.6) is 0 Å². The summed E-state index contributed by atoms with van der Waals surface area (Å²) >= 11 is 0. The Labute approximate surface area is 116 Å². The third kappa shape index (κ3) is 5.88. The molecule has 0 heterocycles. The first-order chi connectivity index (χ1) is 9.02. The van der Waals surface area contributed by atoms with Gasteiger partial charge < -0.3 is 9.64 Å². The summed E-state index contributed by atoms with van der Waals surface area (Å²) in [5.74, 6) is 0.446. The maximum atomic E-state index is 11.0. The molecular weight excluding hydrogens is 238 g/mol. The van der Waals surface area contributed by atoms with Crippen LogP contribution in [0.15, 0.2) is 24.3 Å². The van der Waals surface area contributed by atoms with Crippen molar-refractivity contribution in [2.75, 3.05) is 20.7 Å². The van der Waals surface area contributed by atoms with Gasteiger partial charge in [-0.3, -0.25) is 4.79 Å². The third-order valence-electron chi connectivity index (χ3n) is 3.25. The quantitative estimate of drug-likeness (QED) is 0.708. The zero-order valence-electron chi connectivity index (χ0n) is 12.5. The molecule has 0 aliphatic rings. The fourth-order valence-electron chi connectivity index (χ4n) is 1.99. The lowest BCUT2D eigenvalue weighted by Crippen LogP contribution is -2.20. The smallest absolute Gasteiger partial charge is 0.305 e. The van der Waals surface area contributed by atoms with Gasteiger partial charge in [0.15, 0.2) is 0 Å². The van der Waals surface area contributed by atoms with Crippen molar-refractivity contribution >= 4 is 5.97 Å². The van der Waals surface area contributed by atoms with Gasteiger partial charge in [-0.1, -0.05) is 38.1 Å². The number of hydrogen-bond donors (Lipinski definition) is 0. The van der Waals surface area contributed by atoms with Crippen LogP contribution in [0, 0.1) is 0 Å². The highest BCUT2D eigenvalue weighted by atomic mass is 16.5. The highest BCUT2D eigenvalue weighted by molar-refractivity contribution is 5.69. The van der Waals surface area contributed by atoms with Crippen LogP contribution in [-0.2, 0) is 16.1 Å². The minimum absolute atomic E-state index is 0.130. The zero-order chi connectivity index (χ0) is 14.3. The predicted octanol–water partition coefficient (Wildman–Crippen LogP) is 3.20. The monoisotopic (exact) mass is 263 g/mol. The Morgan fingerprint density at radius 2 is 1.89 bits per heavy atom. The number of nitrogens with zero attached hydrogens (tertiary/aromatic N) is 1. The van der Waals surface area contributed by atoms with Gasteiger partial charge in [-0.25, -0.2) is 0 Å². The number of esters is 1. The van der Waals surface area contributed by atoms with Crippen molar-refractivity contribution < 1.29 is 9.53 Å². The van der Waals surface area contributed by atoms with E-state index in [2.05, 4.69) is 54.8 Å². The predicted molar refractivity (Wildman–Crippen MR) is 78.1 cm³/mol. The molecule has 0 N–H and O–H groups in total. The van der Waals surface area contributed by atoms with Crippen molar-refractivity contribution in [3.63, 3.8) is 0 Å². The fraction of sp³-hybridized carbons (Fsp3) is 0.562. The molecule has 1 aromatic rings. The molecule has 0 amide bonds. The van der Waals surface area contributed by atoms with Crippen molar-refractivity contribution in [1.29, 1.82) is 0 Å². The van der Waals surface area contributed by atoms with Gasteiger partial charge in [-0.05, 0) is 37.1 Å². The Morgan fingerprint density at radius 3 is 2.42 bits per heavy atom. The van der Waals surface area contributed by atoms with E-state index in [1.807, 2.05) is 0 Å². The summed E-state index contributed by atoms with van der Waals surface area (Å²) in [7, 11) is 3.51. The lowest BCUT2D eigenvalue weighted by Gasteiger charge is -2.16. The SMILES string of the molecule is COC(=O)CCCN(C)Cc1ccc(C(C)C)cc1. The topological polar surface area (TPSA) is 29.5 Å². The van der Waals surface area contributed by atoms with Gasteiger partial charge in [0.2, 0.25) is 0 Å². The van der Waals surface area contributed by atoms with Crippen LogP contribution >= 0.6 is 0 Å². The van der Waals surface area contributed by atoms with Crippen LogP contribution < -0.4 is 0 Å². The molecule has 106 valence electrons. The van der Waals surface area contributed by atoms with E-state index in [1.54, 1.807) is 0 Å². The van der Waals surface area contributed by atoms with Crippen molar-refractivity contribution in [2.45, 2.75) is 39.2 Å². The van der Waals surface area contributed by atoms with Crippen LogP contribution in [0.2, 0.25) is 0 Å². The highest BCUT2D eigenvalue weighted by Gasteiger charge is 2.04. The minimum Gasteiger partial charge on any atom is -0.469 e. The first-order valence-electron chi connectivity index (χ1n) is 6.87. The molecule has 0 atom stereocenters. The van der Waals surface area contributed by atoms with Gasteiger partial charge in [-0.2, -0.15) is 0 Å². The highest BCUT2D eigenvalue weighted by Crippen LogP contribution is 2.15. The number of benzene rings is 1. The number of methoxy groups -OCH3 is 1. The van der Waals surface area contributed by atoms with E-state index >= 15 is 0 Å². The number of carbonyl (C=O) groups excluding carboxylic acids is 1. The molecule has 0 spiro atoms. The second-order valence-electron chi connectivity index (χ2n) is 5.31. The number of ether oxygens (including phenoxy) is 1. The van der Waals surface area contributed by atoms with Gasteiger partial charge in [-0.15, -0.1) is 0 Å². The number of rotatable bonds is 7. The Morgan fingerprint density at radius 1 is 1.26 bits per heavy atom. The van der Waals surface area contributed by atoms with Crippen LogP contribution in [-0.4, -0.2) is 31.6 Å². The lowest BCUT2D eigenvalue weighted by atomic mass is 10.0. The van der Waals surface area contributed by atoms with E-state index in [-0.39, 0.29) is 5.97 Å². The molecule has 0 aromatic heterocycles. The number of carbonyl (C=O) groups is 1. The molecule has 1 aromatic carbocycles. The molecular formula is C16H25NO2. The van der Waals surface area contributed by atoms with Gasteiger partial charge >= 0.3 is 5.97 Å². The van der Waals surface area contributed by atoms with E-state index in [4.69, 9.17) is 0 Å². The van der Waals surface area contributed by atoms with E-state index < -0.39 is 0 Å². The van der Waals surface area contributed by atoms with Crippen molar-refractivity contribution in [2.24, 2.45) is 0 Å². The maximum absolute atomic E-state index is 11.0. The second-order valence-corrected chi connectivity index (χ2v) is 5.31. The summed E-state index contributed by atoms with van der Waals surface area (Å²) in [5.41, 5.74) is 2.68. The molecule has 19 heavy (non-hydrogen) atoms. The van der Waals surface area contributed by atoms with E-state index in [0.29, 0.717) is 12.3 Å². The molecule has 0 radical (unpaired) electrons. The van der Waals surface area contributed by atoms with E-state index in [9.17, 15) is 4.79 Å². The van der Waals surface area contributed by atoms with Crippen molar-refractivity contribution in [3.8, 4) is 0 Å². The standard InChI is InChI=1S/C16H25NO2/c1-13(2)15-9-7-14(8-10-15)12-17(3)11-5-6-16(18)19-4/h7-10,13H,5-6,11-12H2,1-4H3. The Hall–Kier alpha value is -1.35. The summed E-state index contributed by atoms with van der Waals surface area (Å²) < 4.78 is 4.63. The average Bonchev–Trinajstić information content (AvgIpc) is 2.39. The van der Waals surface area contributed by atoms with Gasteiger partial charge in [0.05, 0.1) is 7.11 Å². The van der Waals surface area contributed by atoms with Crippen molar-refractivity contribution in [1.82, 2.24) is 4.90 Å². The molecule has 0 aliphatic heterocycles. The molecule has 0 saturated carbocycles. The van der Waals surface area contributed by atoms with Gasteiger partial charge in [0.25, 0.3) is 0 Å². The summed E-state index contributed by atoms with van der Waals surface area (Å²) in [5, 5.41) is 0. The minimum atomic E-state index is -0.130. The largest absolute Gasteiger partial charge is 0.469 e. The Balaban J connectivity index is 2.35. The van der Waals surface area contributed by atoms with Crippen LogP contribution in [0.3, 0.4) is 0 Å². The van der Waals surface area contributed by atoms with Crippen LogP contribution in [0.1, 0.15) is 43.7 Å². The summed E-state index contributed by atoms with van der Waals surface area (Å²) in [6.07, 6.45) is 1.33. The number of hydrogen-bond acceptors (Lipinski definition) is 3. The molecule has 0 saturated heterocycles. The van der Waals surface area contributed by atoms with Crippen LogP contribution in [0.4, 0.5) is 0 Å². The van der Waals surface area contributed by atoms with Gasteiger partial charge in [0, 0.05) is 13.0 Å². The normalized spacial score (nSPS) is 11.1. The van der Waals surface area contributed by atoms with Crippen LogP contribution in [0.25, 0.3) is 0 Å². The summed E-state index contributed by atoms with van der Waals surface area (Å²) in [6, 6.07) is 8.77. The third-order valence-corrected chi connectivity index (χ3v) is 3.25. The van der Waals surface area contributed by atoms with E-state index in [0.717, 1.165) is 19.5 Å². The molecule has 1 rings (SSSR count). The average molecular weight is 263 g/mol. The molecule has 0 bridgehead atoms. The second kappa shape index (κ2) is 7.95. The Bertz CT molecular complexity index is 384. The molecule has 3 heteroatoms. The van der Waals surface area contributed by atoms with E-state index in [1.165, 1.54) is 18.2 Å².